The molecule has 0 radical (unpaired) electrons. The Bertz CT molecular complexity index is 800. The third-order valence-corrected chi connectivity index (χ3v) is 10.9. The van der Waals surface area contributed by atoms with Crippen LogP contribution in [-0.2, 0) is 20.3 Å². The predicted molar refractivity (Wildman–Crippen MR) is 166 cm³/mol. The van der Waals surface area contributed by atoms with Crippen LogP contribution in [0.25, 0.3) is 0 Å². The van der Waals surface area contributed by atoms with E-state index < -0.39 is 13.6 Å². The van der Waals surface area contributed by atoms with Crippen molar-refractivity contribution in [3.8, 4) is 0 Å². The van der Waals surface area contributed by atoms with Crippen molar-refractivity contribution in [1.29, 1.82) is 0 Å². The van der Waals surface area contributed by atoms with Gasteiger partial charge in [-0.3, -0.25) is 4.57 Å². The first-order valence-electron chi connectivity index (χ1n) is 15.0. The molecular formula is C27H52N4O5PS2+. The van der Waals surface area contributed by atoms with Crippen LogP contribution in [0.2, 0.25) is 0 Å². The maximum Gasteiger partial charge on any atom is 0.436 e. The van der Waals surface area contributed by atoms with Crippen molar-refractivity contribution in [1.82, 2.24) is 14.5 Å². The van der Waals surface area contributed by atoms with E-state index in [2.05, 4.69) is 16.9 Å². The lowest BCUT2D eigenvalue weighted by Crippen LogP contribution is -2.36. The van der Waals surface area contributed by atoms with E-state index in [0.717, 1.165) is 18.6 Å². The molecule has 0 aromatic carbocycles. The molecule has 12 heteroatoms. The lowest BCUT2D eigenvalue weighted by atomic mass is 10.0. The molecule has 1 aliphatic heterocycles. The van der Waals surface area contributed by atoms with E-state index in [-0.39, 0.29) is 31.6 Å². The van der Waals surface area contributed by atoms with Gasteiger partial charge in [0.25, 0.3) is 0 Å². The summed E-state index contributed by atoms with van der Waals surface area (Å²) in [4.78, 5) is 29.7. The molecule has 1 fully saturated rings. The molecule has 9 nitrogen and oxygen atoms in total. The molecule has 2 unspecified atom stereocenters. The highest BCUT2D eigenvalue weighted by Crippen LogP contribution is 2.59. The summed E-state index contributed by atoms with van der Waals surface area (Å²) >= 11 is 0. The smallest absolute Gasteiger partial charge is 0.368 e. The van der Waals surface area contributed by atoms with Crippen LogP contribution in [0.1, 0.15) is 110 Å². The number of nitrogens with two attached hydrogens (primary N) is 1. The molecular weight excluding hydrogens is 555 g/mol. The fourth-order valence-electron chi connectivity index (χ4n) is 4.32. The van der Waals surface area contributed by atoms with E-state index in [1.165, 1.54) is 107 Å². The third kappa shape index (κ3) is 17.2. The van der Waals surface area contributed by atoms with Gasteiger partial charge < -0.3 is 10.5 Å². The van der Waals surface area contributed by atoms with Gasteiger partial charge in [-0.25, -0.2) is 9.78 Å². The zero-order valence-corrected chi connectivity index (χ0v) is 26.5. The summed E-state index contributed by atoms with van der Waals surface area (Å²) in [5.41, 5.74) is 4.91. The van der Waals surface area contributed by atoms with Gasteiger partial charge in [0.15, 0.2) is 0 Å². The van der Waals surface area contributed by atoms with Crippen LogP contribution in [0, 0.1) is 0 Å². The maximum atomic E-state index is 11.8. The van der Waals surface area contributed by atoms with Crippen LogP contribution in [0.15, 0.2) is 11.1 Å². The summed E-state index contributed by atoms with van der Waals surface area (Å²) in [5, 5.41) is 0. The first-order valence-corrected chi connectivity index (χ1v) is 19.2. The summed E-state index contributed by atoms with van der Waals surface area (Å²) in [6, 6.07) is 0. The fraction of sp³-hybridized carbons (Fsp3) is 0.889. The number of anilines is 1. The van der Waals surface area contributed by atoms with E-state index in [1.807, 2.05) is 21.6 Å². The van der Waals surface area contributed by atoms with Crippen LogP contribution in [0.4, 0.5) is 5.95 Å². The van der Waals surface area contributed by atoms with Crippen LogP contribution in [0.3, 0.4) is 0 Å². The molecule has 2 rings (SSSR count). The number of hydrogen-bond donors (Lipinski definition) is 2. The van der Waals surface area contributed by atoms with Crippen molar-refractivity contribution >= 4 is 35.5 Å². The Morgan fingerprint density at radius 3 is 2.08 bits per heavy atom. The minimum atomic E-state index is -2.99. The molecule has 1 aromatic heterocycles. The molecule has 2 heterocycles. The zero-order chi connectivity index (χ0) is 28.0. The topological polar surface area (TPSA) is 122 Å². The lowest BCUT2D eigenvalue weighted by molar-refractivity contribution is -0.0250. The molecule has 226 valence electrons. The summed E-state index contributed by atoms with van der Waals surface area (Å²) in [6.45, 7) is 3.11. The molecule has 2 atom stereocenters. The van der Waals surface area contributed by atoms with E-state index in [9.17, 15) is 9.69 Å². The summed E-state index contributed by atoms with van der Waals surface area (Å²) < 4.78 is 18.2. The average Bonchev–Trinajstić information content (AvgIpc) is 2.92. The first kappa shape index (κ1) is 34.8. The van der Waals surface area contributed by atoms with E-state index in [1.54, 1.807) is 0 Å². The predicted octanol–water partition coefficient (Wildman–Crippen LogP) is 7.01. The van der Waals surface area contributed by atoms with E-state index in [0.29, 0.717) is 6.61 Å². The highest BCUT2D eigenvalue weighted by Gasteiger charge is 2.46. The second kappa shape index (κ2) is 22.2. The number of unbranched alkanes of at least 4 members (excludes halogenated alkanes) is 14. The summed E-state index contributed by atoms with van der Waals surface area (Å²) in [6.07, 6.45) is 22.5. The second-order valence-corrected chi connectivity index (χ2v) is 15.0. The minimum absolute atomic E-state index is 0.00789. The number of aromatic nitrogens is 3. The number of hydrogen-bond acceptors (Lipinski definition) is 10. The van der Waals surface area contributed by atoms with Crippen molar-refractivity contribution in [3.63, 3.8) is 0 Å². The number of rotatable bonds is 24. The molecule has 1 aromatic rings. The normalized spacial score (nSPS) is 19.5. The largest absolute Gasteiger partial charge is 0.436 e. The van der Waals surface area contributed by atoms with Crippen molar-refractivity contribution in [2.45, 2.75) is 122 Å². The molecule has 0 saturated carbocycles. The number of ether oxygens (including phenoxy) is 1. The Morgan fingerprint density at radius 2 is 1.54 bits per heavy atom. The van der Waals surface area contributed by atoms with Crippen molar-refractivity contribution in [2.24, 2.45) is 0 Å². The quantitative estimate of drug-likeness (QED) is 0.0721. The Balaban J connectivity index is 1.32. The third-order valence-electron chi connectivity index (χ3n) is 6.70. The van der Waals surface area contributed by atoms with Gasteiger partial charge in [-0.2, -0.15) is 18.9 Å². The molecule has 1 saturated heterocycles. The summed E-state index contributed by atoms with van der Waals surface area (Å²) in [5.74, 6) is 2.25. The molecule has 0 bridgehead atoms. The zero-order valence-electron chi connectivity index (χ0n) is 24.0. The van der Waals surface area contributed by atoms with Gasteiger partial charge in [-0.05, 0) is 19.3 Å². The molecule has 39 heavy (non-hydrogen) atoms. The van der Waals surface area contributed by atoms with Crippen molar-refractivity contribution in [2.75, 3.05) is 36.8 Å². The highest BCUT2D eigenvalue weighted by molar-refractivity contribution is 8.76. The standard InChI is InChI=1S/C27H51N4O5PS2/c1-2-3-4-5-6-7-8-9-10-11-12-13-14-16-19-38-39-20-17-15-18-35-37(33)24-34-25(22-36-37)21-31-23-29-26(28)30-27(31)32/h23,25,33H,2-22,24H2,1H3,(H-,28,30,32)/p+1. The summed E-state index contributed by atoms with van der Waals surface area (Å²) in [7, 11) is 0.914. The van der Waals surface area contributed by atoms with Gasteiger partial charge >= 0.3 is 13.6 Å². The maximum absolute atomic E-state index is 11.8. The molecule has 0 amide bonds. The van der Waals surface area contributed by atoms with Gasteiger partial charge in [0.1, 0.15) is 19.0 Å². The second-order valence-electron chi connectivity index (χ2n) is 10.3. The Morgan fingerprint density at radius 1 is 0.974 bits per heavy atom. The van der Waals surface area contributed by atoms with Gasteiger partial charge in [0.05, 0.1) is 13.2 Å². The Kier molecular flexibility index (Phi) is 19.8. The van der Waals surface area contributed by atoms with Gasteiger partial charge in [-0.1, -0.05) is 112 Å². The van der Waals surface area contributed by atoms with Crippen molar-refractivity contribution in [3.05, 3.63) is 16.8 Å². The minimum Gasteiger partial charge on any atom is -0.368 e. The first-order chi connectivity index (χ1) is 19.0. The monoisotopic (exact) mass is 607 g/mol. The number of nitrogen functional groups attached to an aromatic ring is 1. The van der Waals surface area contributed by atoms with Crippen LogP contribution >= 0.6 is 29.5 Å². The number of nitrogens with zero attached hydrogens (tertiary/aromatic N) is 3. The molecule has 1 aliphatic rings. The molecule has 0 aliphatic carbocycles. The van der Waals surface area contributed by atoms with E-state index in [4.69, 9.17) is 19.5 Å². The Labute approximate surface area is 244 Å². The average molecular weight is 608 g/mol. The van der Waals surface area contributed by atoms with Crippen LogP contribution < -0.4 is 11.4 Å². The van der Waals surface area contributed by atoms with Gasteiger partial charge in [0.2, 0.25) is 12.3 Å². The van der Waals surface area contributed by atoms with Crippen LogP contribution in [0.5, 0.6) is 0 Å². The Hall–Kier alpha value is -0.420. The SMILES string of the molecule is CCCCCCCCCCCCCCCCSSCCCCO[P+]1(O)COC(Cn2cnc(N)nc2=O)CO1. The highest BCUT2D eigenvalue weighted by atomic mass is 33.1. The van der Waals surface area contributed by atoms with Crippen LogP contribution in [-0.4, -0.2) is 56.6 Å². The van der Waals surface area contributed by atoms with E-state index >= 15 is 0 Å². The molecule has 3 N–H and O–H groups in total. The van der Waals surface area contributed by atoms with Gasteiger partial charge in [0, 0.05) is 11.5 Å². The van der Waals surface area contributed by atoms with Crippen molar-refractivity contribution < 1.29 is 18.7 Å². The van der Waals surface area contributed by atoms with Gasteiger partial charge in [-0.15, -0.1) is 0 Å². The fourth-order valence-corrected chi connectivity index (χ4v) is 8.05. The lowest BCUT2D eigenvalue weighted by Gasteiger charge is -2.27. The molecule has 0 spiro atoms.